The Morgan fingerprint density at radius 2 is 1.55 bits per heavy atom. The molecule has 0 heterocycles. The van der Waals surface area contributed by atoms with Gasteiger partial charge in [0.1, 0.15) is 17.3 Å². The largest absolute Gasteiger partial charge is 0.317 e. The van der Waals surface area contributed by atoms with E-state index in [9.17, 15) is 22.4 Å². The second-order valence-electron chi connectivity index (χ2n) is 3.83. The highest BCUT2D eigenvalue weighted by atomic mass is 79.9. The topological polar surface area (TPSA) is 29.1 Å². The molecule has 0 saturated heterocycles. The molecule has 2 aromatic rings. The summed E-state index contributed by atoms with van der Waals surface area (Å²) in [5, 5.41) is 1.93. The normalized spacial score (nSPS) is 10.4. The number of halogens is 5. The third-order valence-corrected chi connectivity index (χ3v) is 3.07. The molecule has 1 amide bonds. The van der Waals surface area contributed by atoms with Crippen LogP contribution in [0, 0.1) is 23.3 Å². The number of anilines is 1. The summed E-state index contributed by atoms with van der Waals surface area (Å²) < 4.78 is 52.8. The van der Waals surface area contributed by atoms with Gasteiger partial charge in [0.2, 0.25) is 0 Å². The fourth-order valence-electron chi connectivity index (χ4n) is 1.48. The summed E-state index contributed by atoms with van der Waals surface area (Å²) in [5.41, 5.74) is -0.923. The number of benzene rings is 2. The Labute approximate surface area is 119 Å². The molecule has 0 saturated carbocycles. The summed E-state index contributed by atoms with van der Waals surface area (Å²) in [7, 11) is 0. The van der Waals surface area contributed by atoms with Crippen molar-refractivity contribution < 1.29 is 22.4 Å². The molecule has 0 fully saturated rings. The maximum atomic E-state index is 13.4. The number of amides is 1. The Balaban J connectivity index is 2.30. The van der Waals surface area contributed by atoms with E-state index in [0.29, 0.717) is 12.1 Å². The molecular formula is C13H6BrF4NO. The molecule has 2 aromatic carbocycles. The number of carbonyl (C=O) groups excluding carboxylic acids is 1. The maximum absolute atomic E-state index is 13.4. The summed E-state index contributed by atoms with van der Waals surface area (Å²) in [5.74, 6) is -5.23. The van der Waals surface area contributed by atoms with E-state index < -0.39 is 34.9 Å². The molecule has 20 heavy (non-hydrogen) atoms. The molecule has 0 radical (unpaired) electrons. The van der Waals surface area contributed by atoms with Crippen LogP contribution in [0.1, 0.15) is 10.4 Å². The second kappa shape index (κ2) is 5.62. The molecule has 2 rings (SSSR count). The van der Waals surface area contributed by atoms with Crippen LogP contribution in [-0.2, 0) is 0 Å². The highest BCUT2D eigenvalue weighted by Crippen LogP contribution is 2.22. The van der Waals surface area contributed by atoms with E-state index in [0.717, 1.165) is 6.07 Å². The average molecular weight is 348 g/mol. The molecule has 0 bridgehead atoms. The smallest absolute Gasteiger partial charge is 0.255 e. The molecule has 0 atom stereocenters. The third-order valence-electron chi connectivity index (χ3n) is 2.43. The van der Waals surface area contributed by atoms with Crippen molar-refractivity contribution in [2.24, 2.45) is 0 Å². The quantitative estimate of drug-likeness (QED) is 0.808. The summed E-state index contributed by atoms with van der Waals surface area (Å²) in [4.78, 5) is 11.7. The van der Waals surface area contributed by atoms with E-state index in [1.165, 1.54) is 12.1 Å². The van der Waals surface area contributed by atoms with Crippen LogP contribution in [0.15, 0.2) is 34.8 Å². The van der Waals surface area contributed by atoms with Crippen LogP contribution in [0.4, 0.5) is 23.2 Å². The van der Waals surface area contributed by atoms with E-state index >= 15 is 0 Å². The zero-order chi connectivity index (χ0) is 14.9. The molecular weight excluding hydrogens is 342 g/mol. The van der Waals surface area contributed by atoms with Gasteiger partial charge in [0, 0.05) is 17.7 Å². The maximum Gasteiger partial charge on any atom is 0.255 e. The minimum atomic E-state index is -1.26. The van der Waals surface area contributed by atoms with Gasteiger partial charge >= 0.3 is 0 Å². The van der Waals surface area contributed by atoms with E-state index in [1.807, 2.05) is 5.32 Å². The van der Waals surface area contributed by atoms with Gasteiger partial charge in [0.05, 0.1) is 4.47 Å². The predicted molar refractivity (Wildman–Crippen MR) is 68.4 cm³/mol. The minimum Gasteiger partial charge on any atom is -0.317 e. The average Bonchev–Trinajstić information content (AvgIpc) is 2.36. The van der Waals surface area contributed by atoms with Crippen molar-refractivity contribution in [3.63, 3.8) is 0 Å². The lowest BCUT2D eigenvalue weighted by Crippen LogP contribution is -2.14. The Kier molecular flexibility index (Phi) is 4.08. The molecule has 0 aliphatic carbocycles. The fraction of sp³-hybridized carbons (Fsp3) is 0. The van der Waals surface area contributed by atoms with Gasteiger partial charge in [-0.25, -0.2) is 17.6 Å². The van der Waals surface area contributed by atoms with Crippen molar-refractivity contribution in [1.29, 1.82) is 0 Å². The van der Waals surface area contributed by atoms with Crippen LogP contribution >= 0.6 is 15.9 Å². The van der Waals surface area contributed by atoms with Crippen LogP contribution in [0.25, 0.3) is 0 Å². The number of rotatable bonds is 2. The lowest BCUT2D eigenvalue weighted by atomic mass is 10.2. The van der Waals surface area contributed by atoms with Crippen molar-refractivity contribution in [3.8, 4) is 0 Å². The van der Waals surface area contributed by atoms with Gasteiger partial charge in [-0.1, -0.05) is 0 Å². The van der Waals surface area contributed by atoms with E-state index in [-0.39, 0.29) is 10.0 Å². The first kappa shape index (κ1) is 14.5. The van der Waals surface area contributed by atoms with E-state index in [4.69, 9.17) is 0 Å². The van der Waals surface area contributed by atoms with E-state index in [2.05, 4.69) is 15.9 Å². The van der Waals surface area contributed by atoms with Crippen molar-refractivity contribution in [2.75, 3.05) is 5.32 Å². The highest BCUT2D eigenvalue weighted by Gasteiger charge is 2.16. The molecule has 0 aromatic heterocycles. The first-order chi connectivity index (χ1) is 9.38. The van der Waals surface area contributed by atoms with Gasteiger partial charge in [-0.05, 0) is 34.1 Å². The molecule has 7 heteroatoms. The summed E-state index contributed by atoms with van der Waals surface area (Å²) >= 11 is 2.91. The zero-order valence-electron chi connectivity index (χ0n) is 9.68. The molecule has 1 N–H and O–H groups in total. The standard InChI is InChI=1S/C13H6BrF4NO/c14-8-2-1-6(3-9(8)16)13(20)19-12-10(17)4-7(15)5-11(12)18/h1-5H,(H,19,20). The lowest BCUT2D eigenvalue weighted by Gasteiger charge is -2.08. The van der Waals surface area contributed by atoms with Gasteiger partial charge in [-0.15, -0.1) is 0 Å². The fourth-order valence-corrected chi connectivity index (χ4v) is 1.73. The van der Waals surface area contributed by atoms with Crippen molar-refractivity contribution >= 4 is 27.5 Å². The SMILES string of the molecule is O=C(Nc1c(F)cc(F)cc1F)c1ccc(Br)c(F)c1. The number of nitrogens with one attached hydrogen (secondary N) is 1. The molecule has 0 aliphatic rings. The summed E-state index contributed by atoms with van der Waals surface area (Å²) in [6.07, 6.45) is 0. The Morgan fingerprint density at radius 1 is 0.950 bits per heavy atom. The Morgan fingerprint density at radius 3 is 2.10 bits per heavy atom. The third kappa shape index (κ3) is 2.98. The summed E-state index contributed by atoms with van der Waals surface area (Å²) in [6.45, 7) is 0. The van der Waals surface area contributed by atoms with Crippen LogP contribution in [-0.4, -0.2) is 5.91 Å². The molecule has 2 nitrogen and oxygen atoms in total. The molecule has 0 aliphatic heterocycles. The minimum absolute atomic E-state index is 0.131. The molecule has 0 unspecified atom stereocenters. The van der Waals surface area contributed by atoms with Crippen LogP contribution in [0.5, 0.6) is 0 Å². The monoisotopic (exact) mass is 347 g/mol. The molecule has 0 spiro atoms. The van der Waals surface area contributed by atoms with Gasteiger partial charge in [0.15, 0.2) is 11.6 Å². The van der Waals surface area contributed by atoms with Crippen molar-refractivity contribution in [3.05, 3.63) is 63.6 Å². The van der Waals surface area contributed by atoms with Crippen LogP contribution in [0.2, 0.25) is 0 Å². The van der Waals surface area contributed by atoms with Gasteiger partial charge < -0.3 is 5.32 Å². The molecule has 104 valence electrons. The number of hydrogen-bond acceptors (Lipinski definition) is 1. The highest BCUT2D eigenvalue weighted by molar-refractivity contribution is 9.10. The van der Waals surface area contributed by atoms with Gasteiger partial charge in [-0.3, -0.25) is 4.79 Å². The van der Waals surface area contributed by atoms with Crippen molar-refractivity contribution in [1.82, 2.24) is 0 Å². The van der Waals surface area contributed by atoms with Crippen LogP contribution in [0.3, 0.4) is 0 Å². The zero-order valence-corrected chi connectivity index (χ0v) is 11.3. The first-order valence-corrected chi connectivity index (χ1v) is 6.08. The first-order valence-electron chi connectivity index (χ1n) is 5.29. The second-order valence-corrected chi connectivity index (χ2v) is 4.68. The van der Waals surface area contributed by atoms with Gasteiger partial charge in [-0.2, -0.15) is 0 Å². The van der Waals surface area contributed by atoms with Crippen molar-refractivity contribution in [2.45, 2.75) is 0 Å². The summed E-state index contributed by atoms with van der Waals surface area (Å²) in [6, 6.07) is 4.31. The number of hydrogen-bond donors (Lipinski definition) is 1. The van der Waals surface area contributed by atoms with E-state index in [1.54, 1.807) is 0 Å². The Hall–Kier alpha value is -1.89. The Bertz CT molecular complexity index is 667. The predicted octanol–water partition coefficient (Wildman–Crippen LogP) is 4.26. The van der Waals surface area contributed by atoms with Gasteiger partial charge in [0.25, 0.3) is 5.91 Å². The number of carbonyl (C=O) groups is 1. The van der Waals surface area contributed by atoms with Crippen LogP contribution < -0.4 is 5.32 Å². The lowest BCUT2D eigenvalue weighted by molar-refractivity contribution is 0.102.